The van der Waals surface area contributed by atoms with E-state index >= 15 is 0 Å². The van der Waals surface area contributed by atoms with Gasteiger partial charge in [-0.3, -0.25) is 0 Å². The maximum Gasteiger partial charge on any atom is 0.224 e. The molecule has 0 unspecified atom stereocenters. The van der Waals surface area contributed by atoms with Crippen LogP contribution < -0.4 is 10.5 Å². The summed E-state index contributed by atoms with van der Waals surface area (Å²) in [7, 11) is 1.59. The van der Waals surface area contributed by atoms with Crippen molar-refractivity contribution in [3.8, 4) is 5.88 Å². The number of nitrogen functional groups attached to an aromatic ring is 1. The Morgan fingerprint density at radius 3 is 2.88 bits per heavy atom. The van der Waals surface area contributed by atoms with Crippen LogP contribution in [0, 0.1) is 5.92 Å². The normalized spacial score (nSPS) is 16.6. The summed E-state index contributed by atoms with van der Waals surface area (Å²) in [5.41, 5.74) is 5.60. The molecule has 1 aliphatic rings. The molecule has 1 heterocycles. The first kappa shape index (κ1) is 11.5. The molecular weight excluding hydrogens is 222 g/mol. The molecule has 0 spiro atoms. The Morgan fingerprint density at radius 2 is 2.19 bits per heavy atom. The fourth-order valence-corrected chi connectivity index (χ4v) is 3.06. The molecule has 1 aromatic rings. The van der Waals surface area contributed by atoms with Crippen LogP contribution in [-0.4, -0.2) is 22.8 Å². The SMILES string of the molecule is COc1cc(SCC2CCCC2)nc(N)n1. The summed E-state index contributed by atoms with van der Waals surface area (Å²) >= 11 is 1.75. The highest BCUT2D eigenvalue weighted by Crippen LogP contribution is 2.31. The molecular formula is C11H17N3OS. The van der Waals surface area contributed by atoms with Crippen LogP contribution in [0.15, 0.2) is 11.1 Å². The van der Waals surface area contributed by atoms with Crippen molar-refractivity contribution >= 4 is 17.7 Å². The molecule has 1 aliphatic carbocycles. The molecule has 1 aromatic heterocycles. The van der Waals surface area contributed by atoms with Crippen molar-refractivity contribution in [3.05, 3.63) is 6.07 Å². The molecule has 0 aromatic carbocycles. The molecule has 16 heavy (non-hydrogen) atoms. The number of nitrogens with zero attached hydrogens (tertiary/aromatic N) is 2. The van der Waals surface area contributed by atoms with Gasteiger partial charge >= 0.3 is 0 Å². The number of hydrogen-bond acceptors (Lipinski definition) is 5. The monoisotopic (exact) mass is 239 g/mol. The van der Waals surface area contributed by atoms with Crippen molar-refractivity contribution < 1.29 is 4.74 Å². The van der Waals surface area contributed by atoms with E-state index in [1.54, 1.807) is 18.9 Å². The zero-order valence-corrected chi connectivity index (χ0v) is 10.3. The number of anilines is 1. The minimum Gasteiger partial charge on any atom is -0.481 e. The van der Waals surface area contributed by atoms with E-state index in [9.17, 15) is 0 Å². The highest BCUT2D eigenvalue weighted by molar-refractivity contribution is 7.99. The first-order chi connectivity index (χ1) is 7.78. The second-order valence-corrected chi connectivity index (χ2v) is 5.11. The summed E-state index contributed by atoms with van der Waals surface area (Å²) in [6.07, 6.45) is 5.45. The molecule has 2 N–H and O–H groups in total. The van der Waals surface area contributed by atoms with Crippen LogP contribution in [0.4, 0.5) is 5.95 Å². The highest BCUT2D eigenvalue weighted by atomic mass is 32.2. The second-order valence-electron chi connectivity index (χ2n) is 4.07. The molecule has 0 bridgehead atoms. The summed E-state index contributed by atoms with van der Waals surface area (Å²) in [6.45, 7) is 0. The molecule has 1 fully saturated rings. The third kappa shape index (κ3) is 3.01. The van der Waals surface area contributed by atoms with Crippen LogP contribution in [0.5, 0.6) is 5.88 Å². The predicted octanol–water partition coefficient (Wildman–Crippen LogP) is 2.35. The van der Waals surface area contributed by atoms with Gasteiger partial charge in [0.05, 0.1) is 7.11 Å². The van der Waals surface area contributed by atoms with Crippen molar-refractivity contribution in [1.82, 2.24) is 9.97 Å². The quantitative estimate of drug-likeness (QED) is 0.645. The first-order valence-electron chi connectivity index (χ1n) is 5.59. The van der Waals surface area contributed by atoms with Gasteiger partial charge in [-0.15, -0.1) is 11.8 Å². The fourth-order valence-electron chi connectivity index (χ4n) is 1.98. The topological polar surface area (TPSA) is 61.0 Å². The second kappa shape index (κ2) is 5.39. The number of rotatable bonds is 4. The van der Waals surface area contributed by atoms with Crippen molar-refractivity contribution in [1.29, 1.82) is 0 Å². The molecule has 4 nitrogen and oxygen atoms in total. The Balaban J connectivity index is 1.94. The predicted molar refractivity (Wildman–Crippen MR) is 65.7 cm³/mol. The largest absolute Gasteiger partial charge is 0.481 e. The van der Waals surface area contributed by atoms with E-state index in [0.717, 1.165) is 16.7 Å². The molecule has 0 atom stereocenters. The van der Waals surface area contributed by atoms with Gasteiger partial charge in [0.1, 0.15) is 5.03 Å². The van der Waals surface area contributed by atoms with Gasteiger partial charge in [0.2, 0.25) is 11.8 Å². The van der Waals surface area contributed by atoms with Crippen molar-refractivity contribution in [2.45, 2.75) is 30.7 Å². The summed E-state index contributed by atoms with van der Waals surface area (Å²) in [4.78, 5) is 8.16. The molecule has 0 saturated heterocycles. The van der Waals surface area contributed by atoms with Gasteiger partial charge in [0.15, 0.2) is 0 Å². The summed E-state index contributed by atoms with van der Waals surface area (Å²) < 4.78 is 5.06. The Bertz CT molecular complexity index is 353. The third-order valence-electron chi connectivity index (χ3n) is 2.85. The van der Waals surface area contributed by atoms with E-state index in [0.29, 0.717) is 5.88 Å². The standard InChI is InChI=1S/C11H17N3OS/c1-15-9-6-10(14-11(12)13-9)16-7-8-4-2-3-5-8/h6,8H,2-5,7H2,1H3,(H2,12,13,14). The van der Waals surface area contributed by atoms with E-state index in [2.05, 4.69) is 9.97 Å². The van der Waals surface area contributed by atoms with E-state index < -0.39 is 0 Å². The van der Waals surface area contributed by atoms with Crippen LogP contribution in [0.3, 0.4) is 0 Å². The molecule has 88 valence electrons. The molecule has 1 saturated carbocycles. The van der Waals surface area contributed by atoms with Crippen LogP contribution >= 0.6 is 11.8 Å². The number of aromatic nitrogens is 2. The Labute approximate surface area is 100.0 Å². The molecule has 0 amide bonds. The van der Waals surface area contributed by atoms with E-state index in [1.807, 2.05) is 6.07 Å². The number of thioether (sulfide) groups is 1. The molecule has 5 heteroatoms. The number of ether oxygens (including phenoxy) is 1. The van der Waals surface area contributed by atoms with E-state index in [1.165, 1.54) is 25.7 Å². The minimum absolute atomic E-state index is 0.285. The van der Waals surface area contributed by atoms with Gasteiger partial charge in [0.25, 0.3) is 0 Å². The minimum atomic E-state index is 0.285. The van der Waals surface area contributed by atoms with Crippen molar-refractivity contribution in [3.63, 3.8) is 0 Å². The zero-order valence-electron chi connectivity index (χ0n) is 9.48. The average molecular weight is 239 g/mol. The number of hydrogen-bond donors (Lipinski definition) is 1. The Morgan fingerprint density at radius 1 is 1.44 bits per heavy atom. The van der Waals surface area contributed by atoms with Crippen molar-refractivity contribution in [2.75, 3.05) is 18.6 Å². The third-order valence-corrected chi connectivity index (χ3v) is 3.99. The van der Waals surface area contributed by atoms with Gasteiger partial charge < -0.3 is 10.5 Å². The van der Waals surface area contributed by atoms with Crippen LogP contribution in [0.25, 0.3) is 0 Å². The van der Waals surface area contributed by atoms with Crippen LogP contribution in [0.1, 0.15) is 25.7 Å². The van der Waals surface area contributed by atoms with Gasteiger partial charge in [-0.1, -0.05) is 12.8 Å². The lowest BCUT2D eigenvalue weighted by Crippen LogP contribution is -2.01. The highest BCUT2D eigenvalue weighted by Gasteiger charge is 2.15. The number of methoxy groups -OCH3 is 1. The Hall–Kier alpha value is -0.970. The summed E-state index contributed by atoms with van der Waals surface area (Å²) in [5, 5.41) is 0.913. The lowest BCUT2D eigenvalue weighted by molar-refractivity contribution is 0.396. The summed E-state index contributed by atoms with van der Waals surface area (Å²) in [5.74, 6) is 2.79. The molecule has 2 rings (SSSR count). The van der Waals surface area contributed by atoms with E-state index in [4.69, 9.17) is 10.5 Å². The summed E-state index contributed by atoms with van der Waals surface area (Å²) in [6, 6.07) is 1.84. The lowest BCUT2D eigenvalue weighted by Gasteiger charge is -2.08. The molecule has 0 radical (unpaired) electrons. The maximum atomic E-state index is 5.60. The average Bonchev–Trinajstić information content (AvgIpc) is 2.78. The number of nitrogens with two attached hydrogens (primary N) is 1. The van der Waals surface area contributed by atoms with Crippen LogP contribution in [-0.2, 0) is 0 Å². The lowest BCUT2D eigenvalue weighted by atomic mass is 10.1. The van der Waals surface area contributed by atoms with Crippen molar-refractivity contribution in [2.24, 2.45) is 5.92 Å². The van der Waals surface area contributed by atoms with Gasteiger partial charge in [-0.25, -0.2) is 4.98 Å². The maximum absolute atomic E-state index is 5.60. The molecule has 0 aliphatic heterocycles. The Kier molecular flexibility index (Phi) is 3.88. The first-order valence-corrected chi connectivity index (χ1v) is 6.58. The van der Waals surface area contributed by atoms with Gasteiger partial charge in [0, 0.05) is 11.8 Å². The smallest absolute Gasteiger partial charge is 0.224 e. The fraction of sp³-hybridized carbons (Fsp3) is 0.636. The van der Waals surface area contributed by atoms with Gasteiger partial charge in [-0.2, -0.15) is 4.98 Å². The van der Waals surface area contributed by atoms with Gasteiger partial charge in [-0.05, 0) is 18.8 Å². The zero-order chi connectivity index (χ0) is 11.4. The van der Waals surface area contributed by atoms with E-state index in [-0.39, 0.29) is 5.95 Å². The van der Waals surface area contributed by atoms with Crippen LogP contribution in [0.2, 0.25) is 0 Å².